The van der Waals surface area contributed by atoms with Crippen LogP contribution < -0.4 is 14.8 Å². The molecule has 142 valence electrons. The Morgan fingerprint density at radius 2 is 2.00 bits per heavy atom. The SMILES string of the molecule is COc1ccc(/C=N/OCC(=O)NC2CCCc3ccccc32)cc1OC. The van der Waals surface area contributed by atoms with Gasteiger partial charge in [-0.25, -0.2) is 0 Å². The fourth-order valence-electron chi connectivity index (χ4n) is 3.27. The molecule has 1 aliphatic rings. The molecule has 6 heteroatoms. The fourth-order valence-corrected chi connectivity index (χ4v) is 3.27. The molecule has 2 aromatic carbocycles. The van der Waals surface area contributed by atoms with E-state index in [1.54, 1.807) is 26.4 Å². The van der Waals surface area contributed by atoms with Crippen LogP contribution in [0.5, 0.6) is 11.5 Å². The molecule has 27 heavy (non-hydrogen) atoms. The van der Waals surface area contributed by atoms with Crippen LogP contribution in [0.25, 0.3) is 0 Å². The highest BCUT2D eigenvalue weighted by atomic mass is 16.6. The van der Waals surface area contributed by atoms with Gasteiger partial charge < -0.3 is 19.6 Å². The van der Waals surface area contributed by atoms with Gasteiger partial charge in [0.15, 0.2) is 18.1 Å². The number of hydrogen-bond acceptors (Lipinski definition) is 5. The van der Waals surface area contributed by atoms with E-state index >= 15 is 0 Å². The number of amides is 1. The number of nitrogens with one attached hydrogen (secondary N) is 1. The number of methoxy groups -OCH3 is 2. The van der Waals surface area contributed by atoms with Crippen LogP contribution in [0, 0.1) is 0 Å². The number of fused-ring (bicyclic) bond motifs is 1. The van der Waals surface area contributed by atoms with Crippen LogP contribution in [0.15, 0.2) is 47.6 Å². The average Bonchev–Trinajstić information content (AvgIpc) is 2.71. The number of carbonyl (C=O) groups is 1. The number of benzene rings is 2. The van der Waals surface area contributed by atoms with Crippen molar-refractivity contribution in [3.63, 3.8) is 0 Å². The van der Waals surface area contributed by atoms with Gasteiger partial charge in [0.25, 0.3) is 5.91 Å². The lowest BCUT2D eigenvalue weighted by atomic mass is 9.88. The Balaban J connectivity index is 1.51. The van der Waals surface area contributed by atoms with E-state index in [0.29, 0.717) is 11.5 Å². The van der Waals surface area contributed by atoms with Crippen LogP contribution in [0.3, 0.4) is 0 Å². The van der Waals surface area contributed by atoms with E-state index in [9.17, 15) is 4.79 Å². The van der Waals surface area contributed by atoms with E-state index < -0.39 is 0 Å². The normalized spacial score (nSPS) is 15.9. The molecule has 0 spiro atoms. The second kappa shape index (κ2) is 9.07. The molecule has 1 amide bonds. The van der Waals surface area contributed by atoms with Crippen LogP contribution in [0.4, 0.5) is 0 Å². The average molecular weight is 368 g/mol. The molecule has 2 aromatic rings. The van der Waals surface area contributed by atoms with Crippen LogP contribution in [0.2, 0.25) is 0 Å². The number of oxime groups is 1. The van der Waals surface area contributed by atoms with E-state index in [0.717, 1.165) is 24.8 Å². The molecule has 0 saturated carbocycles. The third kappa shape index (κ3) is 4.78. The van der Waals surface area contributed by atoms with Gasteiger partial charge in [-0.1, -0.05) is 29.4 Å². The zero-order valence-electron chi connectivity index (χ0n) is 15.6. The molecule has 1 atom stereocenters. The zero-order chi connectivity index (χ0) is 19.1. The fraction of sp³-hybridized carbons (Fsp3) is 0.333. The maximum Gasteiger partial charge on any atom is 0.261 e. The van der Waals surface area contributed by atoms with Crippen molar-refractivity contribution in [3.05, 3.63) is 59.2 Å². The van der Waals surface area contributed by atoms with Gasteiger partial charge in [-0.3, -0.25) is 4.79 Å². The predicted octanol–water partition coefficient (Wildman–Crippen LogP) is 3.25. The highest BCUT2D eigenvalue weighted by Gasteiger charge is 2.21. The molecule has 1 N–H and O–H groups in total. The lowest BCUT2D eigenvalue weighted by Gasteiger charge is -2.26. The molecular formula is C21H24N2O4. The third-order valence-corrected chi connectivity index (χ3v) is 4.58. The van der Waals surface area contributed by atoms with Gasteiger partial charge in [-0.15, -0.1) is 0 Å². The quantitative estimate of drug-likeness (QED) is 0.602. The first-order chi connectivity index (χ1) is 13.2. The maximum atomic E-state index is 12.2. The number of aryl methyl sites for hydroxylation is 1. The van der Waals surface area contributed by atoms with Crippen molar-refractivity contribution in [2.24, 2.45) is 5.16 Å². The minimum Gasteiger partial charge on any atom is -0.493 e. The molecule has 3 rings (SSSR count). The lowest BCUT2D eigenvalue weighted by molar-refractivity contribution is -0.126. The molecule has 0 radical (unpaired) electrons. The minimum atomic E-state index is -0.179. The van der Waals surface area contributed by atoms with Gasteiger partial charge >= 0.3 is 0 Å². The van der Waals surface area contributed by atoms with Gasteiger partial charge in [0.05, 0.1) is 26.5 Å². The van der Waals surface area contributed by atoms with Crippen molar-refractivity contribution in [2.75, 3.05) is 20.8 Å². The smallest absolute Gasteiger partial charge is 0.261 e. The first-order valence-corrected chi connectivity index (χ1v) is 8.96. The summed E-state index contributed by atoms with van der Waals surface area (Å²) < 4.78 is 10.4. The Bertz CT molecular complexity index is 820. The van der Waals surface area contributed by atoms with Gasteiger partial charge in [-0.2, -0.15) is 0 Å². The third-order valence-electron chi connectivity index (χ3n) is 4.58. The van der Waals surface area contributed by atoms with Crippen molar-refractivity contribution in [1.82, 2.24) is 5.32 Å². The summed E-state index contributed by atoms with van der Waals surface area (Å²) in [7, 11) is 3.15. The van der Waals surface area contributed by atoms with Crippen molar-refractivity contribution < 1.29 is 19.1 Å². The summed E-state index contributed by atoms with van der Waals surface area (Å²) in [5.41, 5.74) is 3.29. The standard InChI is InChI=1S/C21H24N2O4/c1-25-19-11-10-15(12-20(19)26-2)13-22-27-14-21(24)23-18-9-5-7-16-6-3-4-8-17(16)18/h3-4,6,8,10-13,18H,5,7,9,14H2,1-2H3,(H,23,24)/b22-13+. The van der Waals surface area contributed by atoms with Crippen molar-refractivity contribution >= 4 is 12.1 Å². The van der Waals surface area contributed by atoms with E-state index in [1.807, 2.05) is 18.2 Å². The first-order valence-electron chi connectivity index (χ1n) is 8.96. The summed E-state index contributed by atoms with van der Waals surface area (Å²) in [5.74, 6) is 1.07. The van der Waals surface area contributed by atoms with E-state index in [-0.39, 0.29) is 18.6 Å². The number of nitrogens with zero attached hydrogens (tertiary/aromatic N) is 1. The van der Waals surface area contributed by atoms with E-state index in [1.165, 1.54) is 17.3 Å². The van der Waals surface area contributed by atoms with Crippen LogP contribution in [0.1, 0.15) is 35.6 Å². The highest BCUT2D eigenvalue weighted by molar-refractivity contribution is 5.81. The van der Waals surface area contributed by atoms with Gasteiger partial charge in [-0.05, 0) is 48.6 Å². The Labute approximate surface area is 159 Å². The summed E-state index contributed by atoms with van der Waals surface area (Å²) in [5, 5.41) is 6.90. The molecule has 1 unspecified atom stereocenters. The van der Waals surface area contributed by atoms with Gasteiger partial charge in [0.2, 0.25) is 0 Å². The van der Waals surface area contributed by atoms with Crippen molar-refractivity contribution in [1.29, 1.82) is 0 Å². The number of rotatable bonds is 7. The molecule has 0 fully saturated rings. The molecule has 0 heterocycles. The largest absolute Gasteiger partial charge is 0.493 e. The molecule has 0 bridgehead atoms. The summed E-state index contributed by atoms with van der Waals surface area (Å²) in [6.45, 7) is -0.123. The van der Waals surface area contributed by atoms with Gasteiger partial charge in [0.1, 0.15) is 0 Å². The zero-order valence-corrected chi connectivity index (χ0v) is 15.6. The Hall–Kier alpha value is -3.02. The molecule has 0 aliphatic heterocycles. The second-order valence-corrected chi connectivity index (χ2v) is 6.33. The van der Waals surface area contributed by atoms with Crippen molar-refractivity contribution in [2.45, 2.75) is 25.3 Å². The van der Waals surface area contributed by atoms with Crippen molar-refractivity contribution in [3.8, 4) is 11.5 Å². The second-order valence-electron chi connectivity index (χ2n) is 6.33. The summed E-state index contributed by atoms with van der Waals surface area (Å²) >= 11 is 0. The molecule has 0 saturated heterocycles. The van der Waals surface area contributed by atoms with E-state index in [2.05, 4.69) is 22.6 Å². The van der Waals surface area contributed by atoms with E-state index in [4.69, 9.17) is 14.3 Å². The van der Waals surface area contributed by atoms with Crippen LogP contribution in [-0.2, 0) is 16.1 Å². The topological polar surface area (TPSA) is 69.2 Å². The molecule has 1 aliphatic carbocycles. The number of carbonyl (C=O) groups excluding carboxylic acids is 1. The lowest BCUT2D eigenvalue weighted by Crippen LogP contribution is -2.33. The predicted molar refractivity (Wildman–Crippen MR) is 103 cm³/mol. The molecular weight excluding hydrogens is 344 g/mol. The molecule has 6 nitrogen and oxygen atoms in total. The van der Waals surface area contributed by atoms with Crippen LogP contribution >= 0.6 is 0 Å². The highest BCUT2D eigenvalue weighted by Crippen LogP contribution is 2.29. The Morgan fingerprint density at radius 1 is 1.19 bits per heavy atom. The van der Waals surface area contributed by atoms with Gasteiger partial charge in [0, 0.05) is 5.56 Å². The Kier molecular flexibility index (Phi) is 6.30. The minimum absolute atomic E-state index is 0.0425. The Morgan fingerprint density at radius 3 is 2.81 bits per heavy atom. The molecule has 0 aromatic heterocycles. The number of hydrogen-bond donors (Lipinski definition) is 1. The number of ether oxygens (including phenoxy) is 2. The first kappa shape index (κ1) is 18.8. The summed E-state index contributed by atoms with van der Waals surface area (Å²) in [4.78, 5) is 17.3. The summed E-state index contributed by atoms with van der Waals surface area (Å²) in [6.07, 6.45) is 4.61. The maximum absolute atomic E-state index is 12.2. The summed E-state index contributed by atoms with van der Waals surface area (Å²) in [6, 6.07) is 13.7. The van der Waals surface area contributed by atoms with Crippen LogP contribution in [-0.4, -0.2) is 32.9 Å². The monoisotopic (exact) mass is 368 g/mol.